The van der Waals surface area contributed by atoms with Gasteiger partial charge in [0.25, 0.3) is 0 Å². The van der Waals surface area contributed by atoms with E-state index in [2.05, 4.69) is 15.5 Å². The molecule has 3 aromatic rings. The number of ether oxygens (including phenoxy) is 1. The van der Waals surface area contributed by atoms with E-state index in [4.69, 9.17) is 4.74 Å². The molecule has 0 bridgehead atoms. The summed E-state index contributed by atoms with van der Waals surface area (Å²) in [5, 5.41) is 9.88. The van der Waals surface area contributed by atoms with E-state index in [1.165, 1.54) is 11.0 Å². The summed E-state index contributed by atoms with van der Waals surface area (Å²) in [4.78, 5) is 26.4. The molecule has 0 unspecified atom stereocenters. The molecule has 0 aliphatic carbocycles. The molecular weight excluding hydrogens is 363 g/mol. The van der Waals surface area contributed by atoms with Crippen LogP contribution in [0.5, 0.6) is 5.75 Å². The van der Waals surface area contributed by atoms with Gasteiger partial charge in [-0.15, -0.1) is 0 Å². The van der Waals surface area contributed by atoms with E-state index in [-0.39, 0.29) is 36.0 Å². The van der Waals surface area contributed by atoms with Crippen molar-refractivity contribution < 1.29 is 18.7 Å². The Labute approximate surface area is 160 Å². The molecule has 2 heterocycles. The first-order chi connectivity index (χ1) is 13.6. The summed E-state index contributed by atoms with van der Waals surface area (Å²) >= 11 is 0. The molecule has 1 aliphatic rings. The van der Waals surface area contributed by atoms with Gasteiger partial charge in [0.1, 0.15) is 11.6 Å². The van der Waals surface area contributed by atoms with Crippen LogP contribution >= 0.6 is 0 Å². The Morgan fingerprint density at radius 1 is 1.32 bits per heavy atom. The highest BCUT2D eigenvalue weighted by Crippen LogP contribution is 2.31. The maximum atomic E-state index is 14.2. The molecule has 1 aromatic heterocycles. The zero-order valence-electron chi connectivity index (χ0n) is 15.2. The Hall–Kier alpha value is -3.42. The molecule has 7 nitrogen and oxygen atoms in total. The van der Waals surface area contributed by atoms with Gasteiger partial charge in [-0.3, -0.25) is 19.6 Å². The van der Waals surface area contributed by atoms with Crippen molar-refractivity contribution in [1.82, 2.24) is 10.2 Å². The third kappa shape index (κ3) is 3.28. The Balaban J connectivity index is 1.49. The first-order valence-electron chi connectivity index (χ1n) is 9.03. The number of carbonyl (C=O) groups excluding carboxylic acids is 2. The number of H-pyrrole nitrogens is 1. The first-order valence-corrected chi connectivity index (χ1v) is 9.03. The Morgan fingerprint density at radius 2 is 2.11 bits per heavy atom. The summed E-state index contributed by atoms with van der Waals surface area (Å²) in [5.41, 5.74) is 1.13. The van der Waals surface area contributed by atoms with Gasteiger partial charge in [0.05, 0.1) is 23.4 Å². The standard InChI is InChI=1S/C20H19FN4O3/c1-2-28-14-8-6-13(7-9-14)22-20(27)12-10-17(26)25(11-12)19-18-15(21)4-3-5-16(18)23-24-19/h3-9,12H,2,10-11H2,1H3,(H,22,27)(H,23,24)/t12-/m1/s1. The molecule has 0 radical (unpaired) electrons. The number of amides is 2. The lowest BCUT2D eigenvalue weighted by atomic mass is 10.1. The quantitative estimate of drug-likeness (QED) is 0.710. The van der Waals surface area contributed by atoms with Crippen molar-refractivity contribution in [1.29, 1.82) is 0 Å². The topological polar surface area (TPSA) is 87.3 Å². The van der Waals surface area contributed by atoms with Gasteiger partial charge < -0.3 is 10.1 Å². The minimum atomic E-state index is -0.544. The fraction of sp³-hybridized carbons (Fsp3) is 0.250. The lowest BCUT2D eigenvalue weighted by Crippen LogP contribution is -2.28. The van der Waals surface area contributed by atoms with E-state index in [0.29, 0.717) is 17.8 Å². The molecule has 1 fully saturated rings. The zero-order valence-corrected chi connectivity index (χ0v) is 15.2. The minimum absolute atomic E-state index is 0.0473. The van der Waals surface area contributed by atoms with Gasteiger partial charge in [-0.25, -0.2) is 4.39 Å². The van der Waals surface area contributed by atoms with Crippen LogP contribution in [0.4, 0.5) is 15.9 Å². The number of nitrogens with zero attached hydrogens (tertiary/aromatic N) is 2. The predicted molar refractivity (Wildman–Crippen MR) is 103 cm³/mol. The number of anilines is 2. The van der Waals surface area contributed by atoms with Crippen LogP contribution in [0, 0.1) is 11.7 Å². The maximum Gasteiger partial charge on any atom is 0.229 e. The average Bonchev–Trinajstić information content (AvgIpc) is 3.28. The molecule has 1 aliphatic heterocycles. The van der Waals surface area contributed by atoms with Crippen LogP contribution in [0.2, 0.25) is 0 Å². The normalized spacial score (nSPS) is 16.6. The van der Waals surface area contributed by atoms with Crippen LogP contribution in [0.3, 0.4) is 0 Å². The van der Waals surface area contributed by atoms with Crippen molar-refractivity contribution in [3.63, 3.8) is 0 Å². The van der Waals surface area contributed by atoms with E-state index < -0.39 is 11.7 Å². The predicted octanol–water partition coefficient (Wildman–Crippen LogP) is 3.09. The number of aromatic amines is 1. The van der Waals surface area contributed by atoms with E-state index in [1.807, 2.05) is 6.92 Å². The van der Waals surface area contributed by atoms with E-state index in [1.54, 1.807) is 36.4 Å². The lowest BCUT2D eigenvalue weighted by molar-refractivity contribution is -0.122. The number of halogens is 1. The second-order valence-electron chi connectivity index (χ2n) is 6.56. The summed E-state index contributed by atoms with van der Waals surface area (Å²) in [7, 11) is 0. The number of hydrogen-bond acceptors (Lipinski definition) is 4. The van der Waals surface area contributed by atoms with Crippen molar-refractivity contribution in [2.24, 2.45) is 5.92 Å². The molecule has 4 rings (SSSR count). The molecule has 2 amide bonds. The third-order valence-electron chi connectivity index (χ3n) is 4.70. The summed E-state index contributed by atoms with van der Waals surface area (Å²) in [6.45, 7) is 2.61. The fourth-order valence-corrected chi connectivity index (χ4v) is 3.34. The number of rotatable bonds is 5. The Kier molecular flexibility index (Phi) is 4.68. The van der Waals surface area contributed by atoms with Gasteiger partial charge >= 0.3 is 0 Å². The van der Waals surface area contributed by atoms with Gasteiger partial charge in [0, 0.05) is 18.7 Å². The second kappa shape index (κ2) is 7.30. The molecule has 0 spiro atoms. The number of benzene rings is 2. The SMILES string of the molecule is CCOc1ccc(NC(=O)[C@@H]2CC(=O)N(c3n[nH]c4cccc(F)c34)C2)cc1. The van der Waals surface area contributed by atoms with Crippen LogP contribution < -0.4 is 15.0 Å². The smallest absolute Gasteiger partial charge is 0.229 e. The van der Waals surface area contributed by atoms with E-state index in [9.17, 15) is 14.0 Å². The molecule has 144 valence electrons. The summed E-state index contributed by atoms with van der Waals surface area (Å²) < 4.78 is 19.6. The number of fused-ring (bicyclic) bond motifs is 1. The summed E-state index contributed by atoms with van der Waals surface area (Å²) in [6, 6.07) is 11.6. The number of aromatic nitrogens is 2. The van der Waals surface area contributed by atoms with Crippen LogP contribution in [-0.2, 0) is 9.59 Å². The average molecular weight is 382 g/mol. The van der Waals surface area contributed by atoms with Crippen LogP contribution in [0.1, 0.15) is 13.3 Å². The zero-order chi connectivity index (χ0) is 19.7. The van der Waals surface area contributed by atoms with Gasteiger partial charge in [0.2, 0.25) is 11.8 Å². The molecule has 1 atom stereocenters. The number of hydrogen-bond donors (Lipinski definition) is 2. The van der Waals surface area contributed by atoms with Crippen molar-refractivity contribution >= 4 is 34.2 Å². The van der Waals surface area contributed by atoms with Crippen molar-refractivity contribution in [2.75, 3.05) is 23.4 Å². The molecule has 2 N–H and O–H groups in total. The number of nitrogens with one attached hydrogen (secondary N) is 2. The lowest BCUT2D eigenvalue weighted by Gasteiger charge is -2.14. The molecule has 2 aromatic carbocycles. The van der Waals surface area contributed by atoms with Gasteiger partial charge in [-0.2, -0.15) is 5.10 Å². The number of carbonyl (C=O) groups is 2. The fourth-order valence-electron chi connectivity index (χ4n) is 3.34. The summed E-state index contributed by atoms with van der Waals surface area (Å²) in [5.74, 6) is -0.595. The van der Waals surface area contributed by atoms with Gasteiger partial charge in [-0.05, 0) is 43.3 Å². The highest BCUT2D eigenvalue weighted by Gasteiger charge is 2.37. The maximum absolute atomic E-state index is 14.2. The van der Waals surface area contributed by atoms with Crippen molar-refractivity contribution in [2.45, 2.75) is 13.3 Å². The minimum Gasteiger partial charge on any atom is -0.494 e. The van der Waals surface area contributed by atoms with Crippen molar-refractivity contribution in [3.8, 4) is 5.75 Å². The highest BCUT2D eigenvalue weighted by molar-refractivity contribution is 6.07. The van der Waals surface area contributed by atoms with E-state index in [0.717, 1.165) is 5.75 Å². The molecular formula is C20H19FN4O3. The van der Waals surface area contributed by atoms with Crippen molar-refractivity contribution in [3.05, 3.63) is 48.3 Å². The molecule has 8 heteroatoms. The molecule has 0 saturated carbocycles. The highest BCUT2D eigenvalue weighted by atomic mass is 19.1. The Morgan fingerprint density at radius 3 is 2.86 bits per heavy atom. The molecule has 28 heavy (non-hydrogen) atoms. The Bertz CT molecular complexity index is 1030. The van der Waals surface area contributed by atoms with Crippen LogP contribution in [0.25, 0.3) is 10.9 Å². The van der Waals surface area contributed by atoms with E-state index >= 15 is 0 Å². The third-order valence-corrected chi connectivity index (χ3v) is 4.70. The second-order valence-corrected chi connectivity index (χ2v) is 6.56. The van der Waals surface area contributed by atoms with Gasteiger partial charge in [0.15, 0.2) is 5.82 Å². The largest absolute Gasteiger partial charge is 0.494 e. The summed E-state index contributed by atoms with van der Waals surface area (Å²) in [6.07, 6.45) is 0.0473. The monoisotopic (exact) mass is 382 g/mol. The van der Waals surface area contributed by atoms with Crippen LogP contribution in [-0.4, -0.2) is 35.2 Å². The van der Waals surface area contributed by atoms with Gasteiger partial charge in [-0.1, -0.05) is 6.07 Å². The van der Waals surface area contributed by atoms with Crippen LogP contribution in [0.15, 0.2) is 42.5 Å². The molecule has 1 saturated heterocycles. The first kappa shape index (κ1) is 18.0.